The van der Waals surface area contributed by atoms with Crippen LogP contribution in [0.1, 0.15) is 5.56 Å². The van der Waals surface area contributed by atoms with E-state index in [0.29, 0.717) is 0 Å². The quantitative estimate of drug-likeness (QED) is 0.675. The lowest BCUT2D eigenvalue weighted by molar-refractivity contribution is -0.113. The van der Waals surface area contributed by atoms with E-state index in [2.05, 4.69) is 5.32 Å². The molecule has 3 rings (SSSR count). The number of nitrogens with zero attached hydrogens (tertiary/aromatic N) is 1. The van der Waals surface area contributed by atoms with Crippen molar-refractivity contribution in [1.29, 1.82) is 0 Å². The van der Waals surface area contributed by atoms with Crippen molar-refractivity contribution in [3.63, 3.8) is 0 Å². The lowest BCUT2D eigenvalue weighted by atomic mass is 10.1. The van der Waals surface area contributed by atoms with Crippen LogP contribution in [0.25, 0.3) is 6.08 Å². The molecule has 1 N–H and O–H groups in total. The van der Waals surface area contributed by atoms with Crippen molar-refractivity contribution in [2.24, 2.45) is 0 Å². The Morgan fingerprint density at radius 1 is 0.957 bits per heavy atom. The van der Waals surface area contributed by atoms with Crippen LogP contribution in [0.15, 0.2) is 48.2 Å². The first-order valence-electron chi connectivity index (χ1n) is 6.54. The van der Waals surface area contributed by atoms with E-state index in [9.17, 15) is 18.0 Å². The average molecular weight is 334 g/mol. The van der Waals surface area contributed by atoms with E-state index >= 15 is 0 Å². The van der Waals surface area contributed by atoms with Crippen molar-refractivity contribution in [2.45, 2.75) is 0 Å². The zero-order chi connectivity index (χ0) is 16.6. The molecule has 1 amide bonds. The maximum absolute atomic E-state index is 13.8. The number of amides is 1. The number of hydrogen-bond donors (Lipinski definition) is 1. The molecule has 0 atom stereocenters. The number of nitrogens with one attached hydrogen (secondary N) is 1. The van der Waals surface area contributed by atoms with Crippen molar-refractivity contribution < 1.29 is 18.0 Å². The summed E-state index contributed by atoms with van der Waals surface area (Å²) in [5, 5.41) is 2.48. The standard InChI is InChI=1S/C16H9F3N2OS/c17-10-5-3-6-11(18)9(10)8-13-15(22)21(16(23)20-13)14-7-2-1-4-12(14)19/h1-8H,(H,20,23)/b13-8-. The number of benzene rings is 2. The van der Waals surface area contributed by atoms with Gasteiger partial charge in [-0.1, -0.05) is 18.2 Å². The molecule has 2 aromatic carbocycles. The Bertz CT molecular complexity index is 831. The van der Waals surface area contributed by atoms with E-state index in [-0.39, 0.29) is 22.1 Å². The first kappa shape index (κ1) is 15.2. The number of para-hydroxylation sites is 1. The summed E-state index contributed by atoms with van der Waals surface area (Å²) in [4.78, 5) is 13.3. The molecule has 1 heterocycles. The fourth-order valence-electron chi connectivity index (χ4n) is 2.18. The van der Waals surface area contributed by atoms with Gasteiger partial charge in [0, 0.05) is 5.56 Å². The maximum atomic E-state index is 13.8. The Labute approximate surface area is 135 Å². The number of thiocarbonyl (C=S) groups is 1. The number of carbonyl (C=O) groups is 1. The van der Waals surface area contributed by atoms with Crippen molar-refractivity contribution in [3.8, 4) is 0 Å². The zero-order valence-electron chi connectivity index (χ0n) is 11.5. The highest BCUT2D eigenvalue weighted by Crippen LogP contribution is 2.25. The predicted octanol–water partition coefficient (Wildman–Crippen LogP) is 3.37. The topological polar surface area (TPSA) is 32.3 Å². The van der Waals surface area contributed by atoms with Gasteiger partial charge in [-0.05, 0) is 42.6 Å². The van der Waals surface area contributed by atoms with Crippen LogP contribution >= 0.6 is 12.2 Å². The molecule has 2 aromatic rings. The maximum Gasteiger partial charge on any atom is 0.281 e. The fourth-order valence-corrected chi connectivity index (χ4v) is 2.47. The summed E-state index contributed by atoms with van der Waals surface area (Å²) in [7, 11) is 0. The third-order valence-electron chi connectivity index (χ3n) is 3.26. The molecule has 0 bridgehead atoms. The van der Waals surface area contributed by atoms with E-state index in [4.69, 9.17) is 12.2 Å². The highest BCUT2D eigenvalue weighted by atomic mass is 32.1. The lowest BCUT2D eigenvalue weighted by Gasteiger charge is -2.14. The monoisotopic (exact) mass is 334 g/mol. The second kappa shape index (κ2) is 5.85. The van der Waals surface area contributed by atoms with Crippen molar-refractivity contribution in [2.75, 3.05) is 4.90 Å². The van der Waals surface area contributed by atoms with Crippen LogP contribution in [0.3, 0.4) is 0 Å². The molecular weight excluding hydrogens is 325 g/mol. The van der Waals surface area contributed by atoms with Crippen LogP contribution in [-0.2, 0) is 4.79 Å². The molecule has 0 radical (unpaired) electrons. The Kier molecular flexibility index (Phi) is 3.87. The van der Waals surface area contributed by atoms with E-state index in [1.807, 2.05) is 0 Å². The Balaban J connectivity index is 2.02. The predicted molar refractivity (Wildman–Crippen MR) is 84.0 cm³/mol. The zero-order valence-corrected chi connectivity index (χ0v) is 12.3. The second-order valence-corrected chi connectivity index (χ2v) is 5.10. The third-order valence-corrected chi connectivity index (χ3v) is 3.54. The van der Waals surface area contributed by atoms with Gasteiger partial charge < -0.3 is 5.32 Å². The second-order valence-electron chi connectivity index (χ2n) is 4.72. The summed E-state index contributed by atoms with van der Waals surface area (Å²) < 4.78 is 41.2. The van der Waals surface area contributed by atoms with Gasteiger partial charge in [-0.3, -0.25) is 4.79 Å². The Hall–Kier alpha value is -2.67. The van der Waals surface area contributed by atoms with Crippen LogP contribution in [0.2, 0.25) is 0 Å². The van der Waals surface area contributed by atoms with Gasteiger partial charge >= 0.3 is 0 Å². The average Bonchev–Trinajstić information content (AvgIpc) is 2.78. The van der Waals surface area contributed by atoms with Crippen LogP contribution in [0.5, 0.6) is 0 Å². The Morgan fingerprint density at radius 2 is 1.57 bits per heavy atom. The molecule has 1 aliphatic heterocycles. The summed E-state index contributed by atoms with van der Waals surface area (Å²) in [5.41, 5.74) is -0.545. The molecule has 1 aliphatic rings. The van der Waals surface area contributed by atoms with Crippen LogP contribution in [0.4, 0.5) is 18.9 Å². The summed E-state index contributed by atoms with van der Waals surface area (Å²) in [6.45, 7) is 0. The van der Waals surface area contributed by atoms with Gasteiger partial charge in [0.15, 0.2) is 5.11 Å². The summed E-state index contributed by atoms with van der Waals surface area (Å²) in [6, 6.07) is 8.95. The lowest BCUT2D eigenvalue weighted by Crippen LogP contribution is -2.31. The molecule has 0 aliphatic carbocycles. The summed E-state index contributed by atoms with van der Waals surface area (Å²) >= 11 is 5.02. The fraction of sp³-hybridized carbons (Fsp3) is 0. The molecule has 7 heteroatoms. The summed E-state index contributed by atoms with van der Waals surface area (Å²) in [5.74, 6) is -2.96. The van der Waals surface area contributed by atoms with Gasteiger partial charge in [-0.15, -0.1) is 0 Å². The minimum Gasteiger partial charge on any atom is -0.327 e. The highest BCUT2D eigenvalue weighted by molar-refractivity contribution is 7.80. The van der Waals surface area contributed by atoms with Crippen molar-refractivity contribution in [1.82, 2.24) is 5.32 Å². The molecule has 0 unspecified atom stereocenters. The van der Waals surface area contributed by atoms with Crippen molar-refractivity contribution >= 4 is 35.0 Å². The van der Waals surface area contributed by atoms with Gasteiger partial charge in [0.25, 0.3) is 5.91 Å². The minimum atomic E-state index is -0.817. The molecule has 1 saturated heterocycles. The largest absolute Gasteiger partial charge is 0.327 e. The van der Waals surface area contributed by atoms with E-state index in [0.717, 1.165) is 23.1 Å². The molecule has 23 heavy (non-hydrogen) atoms. The smallest absolute Gasteiger partial charge is 0.281 e. The van der Waals surface area contributed by atoms with Crippen molar-refractivity contribution in [3.05, 3.63) is 71.2 Å². The van der Waals surface area contributed by atoms with Gasteiger partial charge in [0.2, 0.25) is 0 Å². The third kappa shape index (κ3) is 2.70. The van der Waals surface area contributed by atoms with Gasteiger partial charge in [0.1, 0.15) is 23.1 Å². The van der Waals surface area contributed by atoms with Crippen LogP contribution < -0.4 is 10.2 Å². The molecule has 0 spiro atoms. The van der Waals surface area contributed by atoms with E-state index in [1.54, 1.807) is 6.07 Å². The molecule has 116 valence electrons. The van der Waals surface area contributed by atoms with E-state index < -0.39 is 23.4 Å². The minimum absolute atomic E-state index is 0.0348. The molecule has 3 nitrogen and oxygen atoms in total. The van der Waals surface area contributed by atoms with Gasteiger partial charge in [-0.25, -0.2) is 18.1 Å². The normalized spacial score (nSPS) is 16.1. The summed E-state index contributed by atoms with van der Waals surface area (Å²) in [6.07, 6.45) is 1.01. The number of halogens is 3. The van der Waals surface area contributed by atoms with Gasteiger partial charge in [0.05, 0.1) is 5.69 Å². The molecule has 0 saturated carbocycles. The number of carbonyl (C=O) groups excluding carboxylic acids is 1. The highest BCUT2D eigenvalue weighted by Gasteiger charge is 2.33. The number of anilines is 1. The first-order chi connectivity index (χ1) is 11.0. The molecule has 1 fully saturated rings. The van der Waals surface area contributed by atoms with Gasteiger partial charge in [-0.2, -0.15) is 0 Å². The number of hydrogen-bond acceptors (Lipinski definition) is 2. The van der Waals surface area contributed by atoms with Crippen LogP contribution in [0, 0.1) is 17.5 Å². The van der Waals surface area contributed by atoms with E-state index in [1.165, 1.54) is 24.3 Å². The Morgan fingerprint density at radius 3 is 2.22 bits per heavy atom. The number of rotatable bonds is 2. The molecular formula is C16H9F3N2OS. The first-order valence-corrected chi connectivity index (χ1v) is 6.95. The molecule has 0 aromatic heterocycles. The van der Waals surface area contributed by atoms with Crippen LogP contribution in [-0.4, -0.2) is 11.0 Å². The SMILES string of the molecule is O=C1/C(=C/c2c(F)cccc2F)NC(=S)N1c1ccccc1F.